The summed E-state index contributed by atoms with van der Waals surface area (Å²) in [5, 5.41) is 8.84. The van der Waals surface area contributed by atoms with Crippen molar-refractivity contribution in [3.63, 3.8) is 0 Å². The molecule has 0 bridgehead atoms. The average Bonchev–Trinajstić information content (AvgIpc) is 2.49. The Labute approximate surface area is 141 Å². The lowest BCUT2D eigenvalue weighted by Crippen LogP contribution is -2.27. The fourth-order valence-electron chi connectivity index (χ4n) is 1.94. The number of halogens is 2. The van der Waals surface area contributed by atoms with Gasteiger partial charge in [-0.15, -0.1) is 0 Å². The molecule has 2 N–H and O–H groups in total. The molecule has 0 fully saturated rings. The molecule has 2 rings (SSSR count). The molecule has 0 amide bonds. The highest BCUT2D eigenvalue weighted by molar-refractivity contribution is 9.10. The maximum atomic E-state index is 14.0. The predicted molar refractivity (Wildman–Crippen MR) is 86.4 cm³/mol. The van der Waals surface area contributed by atoms with Crippen molar-refractivity contribution in [3.8, 4) is 0 Å². The van der Waals surface area contributed by atoms with E-state index in [0.29, 0.717) is 6.42 Å². The van der Waals surface area contributed by atoms with Crippen molar-refractivity contribution >= 4 is 31.9 Å². The van der Waals surface area contributed by atoms with E-state index in [9.17, 15) is 17.6 Å². The van der Waals surface area contributed by atoms with Crippen LogP contribution >= 0.6 is 15.9 Å². The number of carbonyl (C=O) groups is 1. The van der Waals surface area contributed by atoms with Crippen LogP contribution in [0.25, 0.3) is 0 Å². The normalized spacial score (nSPS) is 11.4. The first-order chi connectivity index (χ1) is 10.8. The van der Waals surface area contributed by atoms with Crippen LogP contribution in [0.15, 0.2) is 51.8 Å². The van der Waals surface area contributed by atoms with Gasteiger partial charge in [0, 0.05) is 11.0 Å². The van der Waals surface area contributed by atoms with Gasteiger partial charge in [0.25, 0.3) is 0 Å². The van der Waals surface area contributed by atoms with E-state index < -0.39 is 32.3 Å². The van der Waals surface area contributed by atoms with Crippen LogP contribution in [0.3, 0.4) is 0 Å². The van der Waals surface area contributed by atoms with E-state index in [1.54, 1.807) is 0 Å². The van der Waals surface area contributed by atoms with Crippen LogP contribution in [-0.2, 0) is 16.4 Å². The summed E-state index contributed by atoms with van der Waals surface area (Å²) in [4.78, 5) is 10.2. The van der Waals surface area contributed by atoms with Gasteiger partial charge in [-0.25, -0.2) is 22.3 Å². The maximum absolute atomic E-state index is 14.0. The molecule has 8 heteroatoms. The zero-order valence-electron chi connectivity index (χ0n) is 11.8. The Balaban J connectivity index is 2.12. The van der Waals surface area contributed by atoms with Gasteiger partial charge in [0.2, 0.25) is 10.0 Å². The molecule has 0 aliphatic heterocycles. The van der Waals surface area contributed by atoms with Gasteiger partial charge < -0.3 is 5.11 Å². The van der Waals surface area contributed by atoms with Gasteiger partial charge in [0.05, 0.1) is 5.56 Å². The SMILES string of the molecule is O=C(O)c1cccc(S(=O)(=O)NCCc2ccc(Br)cc2)c1F. The van der Waals surface area contributed by atoms with Crippen LogP contribution in [0, 0.1) is 5.82 Å². The minimum absolute atomic E-state index is 0.0701. The molecular weight excluding hydrogens is 389 g/mol. The first-order valence-electron chi connectivity index (χ1n) is 6.57. The van der Waals surface area contributed by atoms with Gasteiger partial charge in [0.15, 0.2) is 5.82 Å². The third-order valence-electron chi connectivity index (χ3n) is 3.10. The van der Waals surface area contributed by atoms with Crippen LogP contribution in [0.5, 0.6) is 0 Å². The zero-order chi connectivity index (χ0) is 17.0. The van der Waals surface area contributed by atoms with E-state index in [-0.39, 0.29) is 6.54 Å². The van der Waals surface area contributed by atoms with Crippen molar-refractivity contribution < 1.29 is 22.7 Å². The van der Waals surface area contributed by atoms with Crippen molar-refractivity contribution in [2.24, 2.45) is 0 Å². The topological polar surface area (TPSA) is 83.5 Å². The lowest BCUT2D eigenvalue weighted by molar-refractivity contribution is 0.0691. The van der Waals surface area contributed by atoms with E-state index >= 15 is 0 Å². The van der Waals surface area contributed by atoms with Crippen molar-refractivity contribution in [3.05, 3.63) is 63.9 Å². The summed E-state index contributed by atoms with van der Waals surface area (Å²) in [6.45, 7) is 0.0701. The predicted octanol–water partition coefficient (Wildman–Crippen LogP) is 2.81. The zero-order valence-corrected chi connectivity index (χ0v) is 14.2. The van der Waals surface area contributed by atoms with Gasteiger partial charge in [-0.3, -0.25) is 0 Å². The van der Waals surface area contributed by atoms with Gasteiger partial charge in [-0.1, -0.05) is 34.1 Å². The lowest BCUT2D eigenvalue weighted by Gasteiger charge is -2.09. The maximum Gasteiger partial charge on any atom is 0.338 e. The second kappa shape index (κ2) is 7.20. The Morgan fingerprint density at radius 1 is 1.17 bits per heavy atom. The molecule has 0 unspecified atom stereocenters. The van der Waals surface area contributed by atoms with E-state index in [0.717, 1.165) is 22.2 Å². The van der Waals surface area contributed by atoms with Crippen LogP contribution in [0.1, 0.15) is 15.9 Å². The minimum Gasteiger partial charge on any atom is -0.478 e. The minimum atomic E-state index is -4.12. The molecule has 0 radical (unpaired) electrons. The molecule has 0 aliphatic carbocycles. The fraction of sp³-hybridized carbons (Fsp3) is 0.133. The Morgan fingerprint density at radius 2 is 1.83 bits per heavy atom. The Hall–Kier alpha value is -1.77. The standard InChI is InChI=1S/C15H13BrFNO4S/c16-11-6-4-10(5-7-11)8-9-18-23(21,22)13-3-1-2-12(14(13)17)15(19)20/h1-7,18H,8-9H2,(H,19,20). The van der Waals surface area contributed by atoms with Crippen molar-refractivity contribution in [2.75, 3.05) is 6.54 Å². The van der Waals surface area contributed by atoms with Crippen LogP contribution < -0.4 is 4.72 Å². The average molecular weight is 402 g/mol. The second-order valence-corrected chi connectivity index (χ2v) is 7.35. The molecule has 0 aromatic heterocycles. The first kappa shape index (κ1) is 17.6. The molecule has 0 saturated carbocycles. The smallest absolute Gasteiger partial charge is 0.338 e. The molecule has 0 aliphatic rings. The summed E-state index contributed by atoms with van der Waals surface area (Å²) in [5.41, 5.74) is 0.233. The lowest BCUT2D eigenvalue weighted by atomic mass is 10.2. The summed E-state index contributed by atoms with van der Waals surface area (Å²) in [5.74, 6) is -2.79. The number of hydrogen-bond acceptors (Lipinski definition) is 3. The largest absolute Gasteiger partial charge is 0.478 e. The van der Waals surface area contributed by atoms with Gasteiger partial charge in [-0.2, -0.15) is 0 Å². The van der Waals surface area contributed by atoms with Crippen LogP contribution in [0.4, 0.5) is 4.39 Å². The monoisotopic (exact) mass is 401 g/mol. The Bertz CT molecular complexity index is 822. The number of nitrogens with one attached hydrogen (secondary N) is 1. The highest BCUT2D eigenvalue weighted by atomic mass is 79.9. The highest BCUT2D eigenvalue weighted by Gasteiger charge is 2.23. The van der Waals surface area contributed by atoms with Gasteiger partial charge >= 0.3 is 5.97 Å². The van der Waals surface area contributed by atoms with Crippen molar-refractivity contribution in [1.29, 1.82) is 0 Å². The van der Waals surface area contributed by atoms with Crippen molar-refractivity contribution in [2.45, 2.75) is 11.3 Å². The number of rotatable bonds is 6. The third kappa shape index (κ3) is 4.37. The molecule has 0 atom stereocenters. The Morgan fingerprint density at radius 3 is 2.43 bits per heavy atom. The molecule has 5 nitrogen and oxygen atoms in total. The number of benzene rings is 2. The molecule has 0 spiro atoms. The molecule has 2 aromatic carbocycles. The summed E-state index contributed by atoms with van der Waals surface area (Å²) in [6, 6.07) is 10.6. The van der Waals surface area contributed by atoms with Crippen LogP contribution in [0.2, 0.25) is 0 Å². The van der Waals surface area contributed by atoms with E-state index in [4.69, 9.17) is 5.11 Å². The van der Waals surface area contributed by atoms with Gasteiger partial charge in [-0.05, 0) is 36.2 Å². The molecule has 2 aromatic rings. The van der Waals surface area contributed by atoms with Crippen molar-refractivity contribution in [1.82, 2.24) is 4.72 Å². The molecule has 23 heavy (non-hydrogen) atoms. The van der Waals surface area contributed by atoms with E-state index in [1.807, 2.05) is 24.3 Å². The Kier molecular flexibility index (Phi) is 5.51. The number of sulfonamides is 1. The fourth-order valence-corrected chi connectivity index (χ4v) is 3.34. The molecule has 0 heterocycles. The summed E-state index contributed by atoms with van der Waals surface area (Å²) < 4.78 is 41.4. The molecule has 122 valence electrons. The quantitative estimate of drug-likeness (QED) is 0.779. The summed E-state index contributed by atoms with van der Waals surface area (Å²) >= 11 is 3.30. The molecular formula is C15H13BrFNO4S. The summed E-state index contributed by atoms with van der Waals surface area (Å²) in [6.07, 6.45) is 0.423. The summed E-state index contributed by atoms with van der Waals surface area (Å²) in [7, 11) is -4.12. The van der Waals surface area contributed by atoms with E-state index in [1.165, 1.54) is 6.07 Å². The number of aromatic carboxylic acids is 1. The number of carboxylic acid groups (broad SMARTS) is 1. The highest BCUT2D eigenvalue weighted by Crippen LogP contribution is 2.18. The second-order valence-electron chi connectivity index (χ2n) is 4.70. The molecule has 0 saturated heterocycles. The number of hydrogen-bond donors (Lipinski definition) is 2. The third-order valence-corrected chi connectivity index (χ3v) is 5.11. The van der Waals surface area contributed by atoms with Gasteiger partial charge in [0.1, 0.15) is 4.90 Å². The first-order valence-corrected chi connectivity index (χ1v) is 8.85. The van der Waals surface area contributed by atoms with Crippen LogP contribution in [-0.4, -0.2) is 26.0 Å². The number of carboxylic acids is 1. The van der Waals surface area contributed by atoms with E-state index in [2.05, 4.69) is 20.7 Å².